The standard InChI is InChI=1S/C13H18FNO2S/c1-15-13(11-5-6-18(16,17)9-11)8-10-3-2-4-12(14)7-10/h2-4,7,11,13,15H,5-6,8-9H2,1H3. The number of halogens is 1. The van der Waals surface area contributed by atoms with Gasteiger partial charge >= 0.3 is 0 Å². The van der Waals surface area contributed by atoms with E-state index in [1.54, 1.807) is 6.07 Å². The van der Waals surface area contributed by atoms with Gasteiger partial charge in [0.15, 0.2) is 9.84 Å². The molecule has 1 aliphatic rings. The number of hydrogen-bond donors (Lipinski definition) is 1. The highest BCUT2D eigenvalue weighted by Gasteiger charge is 2.32. The van der Waals surface area contributed by atoms with Crippen LogP contribution < -0.4 is 5.32 Å². The summed E-state index contributed by atoms with van der Waals surface area (Å²) in [5, 5.41) is 3.16. The minimum absolute atomic E-state index is 0.0871. The van der Waals surface area contributed by atoms with Crippen molar-refractivity contribution in [2.75, 3.05) is 18.6 Å². The molecule has 0 aromatic heterocycles. The molecule has 3 nitrogen and oxygen atoms in total. The van der Waals surface area contributed by atoms with Gasteiger partial charge in [0.25, 0.3) is 0 Å². The zero-order valence-electron chi connectivity index (χ0n) is 10.4. The Bertz CT molecular complexity index is 515. The highest BCUT2D eigenvalue weighted by molar-refractivity contribution is 7.91. The monoisotopic (exact) mass is 271 g/mol. The summed E-state index contributed by atoms with van der Waals surface area (Å²) in [6.45, 7) is 0. The fourth-order valence-corrected chi connectivity index (χ4v) is 4.44. The van der Waals surface area contributed by atoms with Crippen LogP contribution in [0.15, 0.2) is 24.3 Å². The average molecular weight is 271 g/mol. The van der Waals surface area contributed by atoms with E-state index in [1.165, 1.54) is 12.1 Å². The van der Waals surface area contributed by atoms with Gasteiger partial charge in [-0.05, 0) is 43.5 Å². The number of sulfone groups is 1. The fraction of sp³-hybridized carbons (Fsp3) is 0.538. The van der Waals surface area contributed by atoms with Gasteiger partial charge in [0.1, 0.15) is 5.82 Å². The SMILES string of the molecule is CNC(Cc1cccc(F)c1)C1CCS(=O)(=O)C1. The van der Waals surface area contributed by atoms with E-state index < -0.39 is 9.84 Å². The van der Waals surface area contributed by atoms with Crippen molar-refractivity contribution in [3.63, 3.8) is 0 Å². The largest absolute Gasteiger partial charge is 0.316 e. The van der Waals surface area contributed by atoms with E-state index in [-0.39, 0.29) is 29.3 Å². The lowest BCUT2D eigenvalue weighted by Crippen LogP contribution is -2.36. The van der Waals surface area contributed by atoms with Gasteiger partial charge in [-0.15, -0.1) is 0 Å². The van der Waals surface area contributed by atoms with Gasteiger partial charge in [-0.2, -0.15) is 0 Å². The minimum Gasteiger partial charge on any atom is -0.316 e. The van der Waals surface area contributed by atoms with Gasteiger partial charge in [0.05, 0.1) is 11.5 Å². The lowest BCUT2D eigenvalue weighted by molar-refractivity contribution is 0.402. The average Bonchev–Trinajstić information content (AvgIpc) is 2.66. The van der Waals surface area contributed by atoms with Crippen molar-refractivity contribution >= 4 is 9.84 Å². The minimum atomic E-state index is -2.87. The molecule has 18 heavy (non-hydrogen) atoms. The number of rotatable bonds is 4. The Hall–Kier alpha value is -0.940. The topological polar surface area (TPSA) is 46.2 Å². The molecule has 0 saturated carbocycles. The van der Waals surface area contributed by atoms with Crippen LogP contribution in [0.1, 0.15) is 12.0 Å². The summed E-state index contributed by atoms with van der Waals surface area (Å²) in [7, 11) is -1.04. The maximum Gasteiger partial charge on any atom is 0.150 e. The fourth-order valence-electron chi connectivity index (χ4n) is 2.56. The number of benzene rings is 1. The van der Waals surface area contributed by atoms with Crippen LogP contribution in [0.4, 0.5) is 4.39 Å². The van der Waals surface area contributed by atoms with E-state index in [9.17, 15) is 12.8 Å². The smallest absolute Gasteiger partial charge is 0.150 e. The predicted octanol–water partition coefficient (Wildman–Crippen LogP) is 1.39. The van der Waals surface area contributed by atoms with Gasteiger partial charge in [-0.3, -0.25) is 0 Å². The van der Waals surface area contributed by atoms with Crippen molar-refractivity contribution in [2.45, 2.75) is 18.9 Å². The summed E-state index contributed by atoms with van der Waals surface area (Å²) in [4.78, 5) is 0. The Balaban J connectivity index is 2.06. The summed E-state index contributed by atoms with van der Waals surface area (Å²) in [6.07, 6.45) is 1.36. The first kappa shape index (κ1) is 13.5. The van der Waals surface area contributed by atoms with Crippen molar-refractivity contribution in [3.05, 3.63) is 35.6 Å². The molecule has 1 heterocycles. The van der Waals surface area contributed by atoms with Crippen LogP contribution in [0.5, 0.6) is 0 Å². The van der Waals surface area contributed by atoms with E-state index in [2.05, 4.69) is 5.32 Å². The molecule has 5 heteroatoms. The molecule has 1 aromatic carbocycles. The van der Waals surface area contributed by atoms with Crippen LogP contribution in [0.2, 0.25) is 0 Å². The van der Waals surface area contributed by atoms with Gasteiger partial charge in [0, 0.05) is 6.04 Å². The molecular weight excluding hydrogens is 253 g/mol. The zero-order chi connectivity index (χ0) is 13.2. The molecule has 1 aliphatic heterocycles. The maximum absolute atomic E-state index is 13.1. The molecule has 1 saturated heterocycles. The van der Waals surface area contributed by atoms with Crippen molar-refractivity contribution < 1.29 is 12.8 Å². The second-order valence-corrected chi connectivity index (χ2v) is 7.12. The number of hydrogen-bond acceptors (Lipinski definition) is 3. The molecule has 2 atom stereocenters. The first-order chi connectivity index (χ1) is 8.50. The van der Waals surface area contributed by atoms with Crippen molar-refractivity contribution in [3.8, 4) is 0 Å². The lowest BCUT2D eigenvalue weighted by atomic mass is 9.93. The van der Waals surface area contributed by atoms with Gasteiger partial charge in [0.2, 0.25) is 0 Å². The molecule has 2 rings (SSSR count). The highest BCUT2D eigenvalue weighted by Crippen LogP contribution is 2.24. The molecule has 2 unspecified atom stereocenters. The molecule has 0 amide bonds. The van der Waals surface area contributed by atoms with E-state index in [1.807, 2.05) is 13.1 Å². The van der Waals surface area contributed by atoms with E-state index in [0.29, 0.717) is 12.8 Å². The van der Waals surface area contributed by atoms with E-state index in [4.69, 9.17) is 0 Å². The van der Waals surface area contributed by atoms with Crippen LogP contribution in [0.3, 0.4) is 0 Å². The maximum atomic E-state index is 13.1. The van der Waals surface area contributed by atoms with Gasteiger partial charge < -0.3 is 5.32 Å². The Kier molecular flexibility index (Phi) is 4.02. The van der Waals surface area contributed by atoms with Crippen molar-refractivity contribution in [2.24, 2.45) is 5.92 Å². The molecule has 0 bridgehead atoms. The molecule has 1 aromatic rings. The highest BCUT2D eigenvalue weighted by atomic mass is 32.2. The molecule has 0 aliphatic carbocycles. The third-order valence-corrected chi connectivity index (χ3v) is 5.35. The lowest BCUT2D eigenvalue weighted by Gasteiger charge is -2.22. The Morgan fingerprint density at radius 3 is 2.83 bits per heavy atom. The van der Waals surface area contributed by atoms with Crippen molar-refractivity contribution in [1.29, 1.82) is 0 Å². The third-order valence-electron chi connectivity index (χ3n) is 3.55. The van der Waals surface area contributed by atoms with Gasteiger partial charge in [-0.1, -0.05) is 12.1 Å². The molecule has 1 fully saturated rings. The van der Waals surface area contributed by atoms with Crippen LogP contribution >= 0.6 is 0 Å². The Morgan fingerprint density at radius 2 is 2.28 bits per heavy atom. The summed E-state index contributed by atoms with van der Waals surface area (Å²) in [5.41, 5.74) is 0.902. The second-order valence-electron chi connectivity index (χ2n) is 4.89. The predicted molar refractivity (Wildman–Crippen MR) is 69.7 cm³/mol. The van der Waals surface area contributed by atoms with Crippen LogP contribution in [-0.2, 0) is 16.3 Å². The first-order valence-corrected chi connectivity index (χ1v) is 7.94. The summed E-state index contributed by atoms with van der Waals surface area (Å²) < 4.78 is 36.1. The van der Waals surface area contributed by atoms with Crippen molar-refractivity contribution in [1.82, 2.24) is 5.32 Å². The van der Waals surface area contributed by atoms with Gasteiger partial charge in [-0.25, -0.2) is 12.8 Å². The summed E-state index contributed by atoms with van der Waals surface area (Å²) >= 11 is 0. The molecule has 0 spiro atoms. The van der Waals surface area contributed by atoms with Crippen LogP contribution in [0.25, 0.3) is 0 Å². The van der Waals surface area contributed by atoms with E-state index in [0.717, 1.165) is 5.56 Å². The van der Waals surface area contributed by atoms with Crippen LogP contribution in [-0.4, -0.2) is 33.0 Å². The summed E-state index contributed by atoms with van der Waals surface area (Å²) in [6, 6.07) is 6.56. The third kappa shape index (κ3) is 3.29. The Labute approximate surface area is 107 Å². The van der Waals surface area contributed by atoms with Crippen LogP contribution in [0, 0.1) is 11.7 Å². The summed E-state index contributed by atoms with van der Waals surface area (Å²) in [5.74, 6) is 0.400. The second kappa shape index (κ2) is 5.36. The molecular formula is C13H18FNO2S. The first-order valence-electron chi connectivity index (χ1n) is 6.12. The molecule has 100 valence electrons. The normalized spacial score (nSPS) is 24.0. The Morgan fingerprint density at radius 1 is 1.50 bits per heavy atom. The number of likely N-dealkylation sites (N-methyl/N-ethyl adjacent to an activating group) is 1. The zero-order valence-corrected chi connectivity index (χ0v) is 11.2. The quantitative estimate of drug-likeness (QED) is 0.900. The number of nitrogens with one attached hydrogen (secondary N) is 1. The molecule has 0 radical (unpaired) electrons. The van der Waals surface area contributed by atoms with E-state index >= 15 is 0 Å². The molecule has 1 N–H and O–H groups in total.